The Bertz CT molecular complexity index is 1330. The van der Waals surface area contributed by atoms with E-state index in [1.54, 1.807) is 0 Å². The minimum Gasteiger partial charge on any atom is -0.429 e. The van der Waals surface area contributed by atoms with Gasteiger partial charge < -0.3 is 18.9 Å². The van der Waals surface area contributed by atoms with Crippen molar-refractivity contribution in [1.29, 1.82) is 0 Å². The number of rotatable bonds is 7. The predicted octanol–water partition coefficient (Wildman–Crippen LogP) is 7.15. The van der Waals surface area contributed by atoms with Crippen molar-refractivity contribution < 1.29 is 49.7 Å². The monoisotopic (exact) mass is 542 g/mol. The smallest absolute Gasteiger partial charge is 0.429 e. The van der Waals surface area contributed by atoms with Crippen molar-refractivity contribution in [3.8, 4) is 16.9 Å². The standard InChI is InChI=1S/C27H21F7O4/c1-2-7-25-12-35-27(36-13-25,37-14-25)16-9-22(31)24(23(32)10-16)26(33,34)38-17-4-5-18(20(29)11-17)15-3-6-19(28)21(30)8-15/h3-6,8-11H,2,7,12-14H2,1H3. The van der Waals surface area contributed by atoms with E-state index in [1.165, 1.54) is 0 Å². The van der Waals surface area contributed by atoms with Gasteiger partial charge in [-0.25, -0.2) is 22.0 Å². The van der Waals surface area contributed by atoms with Crippen molar-refractivity contribution in [3.63, 3.8) is 0 Å². The van der Waals surface area contributed by atoms with E-state index in [2.05, 4.69) is 4.74 Å². The van der Waals surface area contributed by atoms with Crippen LogP contribution in [0.1, 0.15) is 30.9 Å². The van der Waals surface area contributed by atoms with Gasteiger partial charge in [-0.2, -0.15) is 8.78 Å². The highest BCUT2D eigenvalue weighted by Crippen LogP contribution is 2.47. The SMILES string of the molecule is CCCC12COC(c3cc(F)c(C(F)(F)Oc4ccc(-c5ccc(F)c(F)c5)c(F)c4)c(F)c3)(OC1)OC2. The molecule has 202 valence electrons. The van der Waals surface area contributed by atoms with Gasteiger partial charge in [-0.05, 0) is 48.4 Å². The number of benzene rings is 3. The number of ether oxygens (including phenoxy) is 4. The van der Waals surface area contributed by atoms with Crippen LogP contribution in [0.25, 0.3) is 11.1 Å². The molecule has 0 unspecified atom stereocenters. The highest BCUT2D eigenvalue weighted by atomic mass is 19.3. The number of hydrogen-bond donors (Lipinski definition) is 0. The molecule has 3 fully saturated rings. The Morgan fingerprint density at radius 3 is 1.95 bits per heavy atom. The normalized spacial score (nSPS) is 23.1. The van der Waals surface area contributed by atoms with Crippen LogP contribution in [0, 0.1) is 34.5 Å². The number of hydrogen-bond acceptors (Lipinski definition) is 4. The summed E-state index contributed by atoms with van der Waals surface area (Å²) in [6, 6.07) is 6.25. The summed E-state index contributed by atoms with van der Waals surface area (Å²) < 4.78 is 122. The molecule has 11 heteroatoms. The molecule has 0 spiro atoms. The lowest BCUT2D eigenvalue weighted by Gasteiger charge is -2.51. The zero-order valence-electron chi connectivity index (χ0n) is 19.9. The van der Waals surface area contributed by atoms with Gasteiger partial charge in [0.25, 0.3) is 0 Å². The Kier molecular flexibility index (Phi) is 6.65. The Balaban J connectivity index is 1.38. The minimum absolute atomic E-state index is 0.0595. The lowest BCUT2D eigenvalue weighted by molar-refractivity contribution is -0.480. The molecule has 2 bridgehead atoms. The number of fused-ring (bicyclic) bond motifs is 3. The second kappa shape index (κ2) is 9.55. The van der Waals surface area contributed by atoms with Crippen LogP contribution >= 0.6 is 0 Å². The summed E-state index contributed by atoms with van der Waals surface area (Å²) >= 11 is 0. The van der Waals surface area contributed by atoms with Crippen LogP contribution in [-0.2, 0) is 26.3 Å². The number of alkyl halides is 2. The summed E-state index contributed by atoms with van der Waals surface area (Å²) in [6.45, 7) is 2.60. The van der Waals surface area contributed by atoms with Crippen LogP contribution in [0.15, 0.2) is 48.5 Å². The third kappa shape index (κ3) is 4.63. The van der Waals surface area contributed by atoms with E-state index >= 15 is 0 Å². The molecule has 3 aromatic carbocycles. The molecule has 0 radical (unpaired) electrons. The second-order valence-corrected chi connectivity index (χ2v) is 9.38. The first kappa shape index (κ1) is 26.5. The highest BCUT2D eigenvalue weighted by molar-refractivity contribution is 5.65. The maximum Gasteiger partial charge on any atom is 0.432 e. The summed E-state index contributed by atoms with van der Waals surface area (Å²) in [5.74, 6) is -9.50. The molecule has 3 aromatic rings. The van der Waals surface area contributed by atoms with Crippen molar-refractivity contribution >= 4 is 0 Å². The van der Waals surface area contributed by atoms with Gasteiger partial charge in [-0.3, -0.25) is 0 Å². The van der Waals surface area contributed by atoms with Gasteiger partial charge in [0.05, 0.1) is 19.8 Å². The molecule has 3 heterocycles. The molecule has 0 saturated carbocycles. The zero-order chi connectivity index (χ0) is 27.3. The molecule has 3 aliphatic heterocycles. The third-order valence-corrected chi connectivity index (χ3v) is 6.59. The Morgan fingerprint density at radius 2 is 1.39 bits per heavy atom. The largest absolute Gasteiger partial charge is 0.432 e. The molecule has 0 amide bonds. The fraction of sp³-hybridized carbons (Fsp3) is 0.333. The van der Waals surface area contributed by atoms with E-state index in [0.29, 0.717) is 18.2 Å². The van der Waals surface area contributed by atoms with Crippen LogP contribution in [0.4, 0.5) is 30.7 Å². The lowest BCUT2D eigenvalue weighted by Crippen LogP contribution is -2.58. The van der Waals surface area contributed by atoms with Gasteiger partial charge in [0.2, 0.25) is 0 Å². The van der Waals surface area contributed by atoms with Crippen LogP contribution in [0.2, 0.25) is 0 Å². The van der Waals surface area contributed by atoms with Gasteiger partial charge in [0.15, 0.2) is 11.6 Å². The molecule has 0 aliphatic carbocycles. The van der Waals surface area contributed by atoms with Gasteiger partial charge in [-0.15, -0.1) is 0 Å². The topological polar surface area (TPSA) is 36.9 Å². The van der Waals surface area contributed by atoms with Crippen molar-refractivity contribution in [2.75, 3.05) is 19.8 Å². The zero-order valence-corrected chi connectivity index (χ0v) is 19.9. The maximum absolute atomic E-state index is 14.9. The molecule has 38 heavy (non-hydrogen) atoms. The summed E-state index contributed by atoms with van der Waals surface area (Å²) in [6.07, 6.45) is -2.97. The molecular weight excluding hydrogens is 521 g/mol. The van der Waals surface area contributed by atoms with Crippen molar-refractivity contribution in [2.45, 2.75) is 31.8 Å². The first-order valence-electron chi connectivity index (χ1n) is 11.7. The van der Waals surface area contributed by atoms with Gasteiger partial charge in [0.1, 0.15) is 28.8 Å². The third-order valence-electron chi connectivity index (χ3n) is 6.59. The summed E-state index contributed by atoms with van der Waals surface area (Å²) in [5.41, 5.74) is -2.67. The molecule has 3 saturated heterocycles. The predicted molar refractivity (Wildman–Crippen MR) is 120 cm³/mol. The maximum atomic E-state index is 14.9. The van der Waals surface area contributed by atoms with E-state index < -0.39 is 52.5 Å². The second-order valence-electron chi connectivity index (χ2n) is 9.38. The molecule has 4 nitrogen and oxygen atoms in total. The van der Waals surface area contributed by atoms with Crippen LogP contribution in [0.3, 0.4) is 0 Å². The molecular formula is C27H21F7O4. The summed E-state index contributed by atoms with van der Waals surface area (Å²) in [4.78, 5) is 0. The first-order chi connectivity index (χ1) is 18.0. The lowest BCUT2D eigenvalue weighted by atomic mass is 9.83. The molecule has 3 aliphatic rings. The van der Waals surface area contributed by atoms with Crippen LogP contribution < -0.4 is 4.74 Å². The van der Waals surface area contributed by atoms with E-state index in [0.717, 1.165) is 43.2 Å². The summed E-state index contributed by atoms with van der Waals surface area (Å²) in [5, 5.41) is 0. The van der Waals surface area contributed by atoms with Gasteiger partial charge >= 0.3 is 12.1 Å². The fourth-order valence-electron chi connectivity index (χ4n) is 4.68. The van der Waals surface area contributed by atoms with Gasteiger partial charge in [-0.1, -0.05) is 19.4 Å². The fourth-order valence-corrected chi connectivity index (χ4v) is 4.68. The molecule has 0 aromatic heterocycles. The Labute approximate surface area is 212 Å². The van der Waals surface area contributed by atoms with Crippen molar-refractivity contribution in [1.82, 2.24) is 0 Å². The number of halogens is 7. The first-order valence-corrected chi connectivity index (χ1v) is 11.7. The van der Waals surface area contributed by atoms with E-state index in [4.69, 9.17) is 14.2 Å². The average Bonchev–Trinajstić information content (AvgIpc) is 2.86. The van der Waals surface area contributed by atoms with Crippen molar-refractivity contribution in [3.05, 3.63) is 88.7 Å². The van der Waals surface area contributed by atoms with Crippen LogP contribution in [-0.4, -0.2) is 19.8 Å². The van der Waals surface area contributed by atoms with E-state index in [9.17, 15) is 30.7 Å². The summed E-state index contributed by atoms with van der Waals surface area (Å²) in [7, 11) is 0. The quantitative estimate of drug-likeness (QED) is 0.297. The van der Waals surface area contributed by atoms with Crippen molar-refractivity contribution in [2.24, 2.45) is 5.41 Å². The van der Waals surface area contributed by atoms with E-state index in [-0.39, 0.29) is 41.9 Å². The van der Waals surface area contributed by atoms with E-state index in [1.807, 2.05) is 6.92 Å². The van der Waals surface area contributed by atoms with Gasteiger partial charge in [0, 0.05) is 22.6 Å². The highest BCUT2D eigenvalue weighted by Gasteiger charge is 2.54. The Morgan fingerprint density at radius 1 is 0.763 bits per heavy atom. The average molecular weight is 542 g/mol. The Hall–Kier alpha value is -3.15. The minimum atomic E-state index is -4.56. The molecule has 0 atom stereocenters. The molecule has 0 N–H and O–H groups in total. The molecule has 6 rings (SSSR count). The van der Waals surface area contributed by atoms with Crippen LogP contribution in [0.5, 0.6) is 5.75 Å².